The van der Waals surface area contributed by atoms with Crippen molar-refractivity contribution in [3.05, 3.63) is 35.9 Å². The summed E-state index contributed by atoms with van der Waals surface area (Å²) < 4.78 is 27.7. The van der Waals surface area contributed by atoms with Gasteiger partial charge in [-0.2, -0.15) is 11.8 Å². The van der Waals surface area contributed by atoms with Crippen LogP contribution < -0.4 is 15.1 Å². The number of carbonyl (C=O) groups excluding carboxylic acids is 2. The van der Waals surface area contributed by atoms with Crippen LogP contribution in [0.15, 0.2) is 35.2 Å². The highest BCUT2D eigenvalue weighted by molar-refractivity contribution is 7.98. The van der Waals surface area contributed by atoms with E-state index in [1.165, 1.54) is 23.9 Å². The molecule has 0 fully saturated rings. The highest BCUT2D eigenvalue weighted by atomic mass is 32.2. The number of nitrogens with one attached hydrogen (secondary N) is 2. The molecule has 0 aliphatic carbocycles. The zero-order valence-corrected chi connectivity index (χ0v) is 14.9. The fourth-order valence-corrected chi connectivity index (χ4v) is 4.70. The van der Waals surface area contributed by atoms with Crippen molar-refractivity contribution in [3.8, 4) is 0 Å². The summed E-state index contributed by atoms with van der Waals surface area (Å²) in [6, 6.07) is 6.33. The number of carboxylic acids is 1. The molecule has 3 rings (SSSR count). The Morgan fingerprint density at radius 3 is 2.76 bits per heavy atom. The van der Waals surface area contributed by atoms with Crippen molar-refractivity contribution in [1.29, 1.82) is 0 Å². The van der Waals surface area contributed by atoms with E-state index >= 15 is 0 Å². The summed E-state index contributed by atoms with van der Waals surface area (Å²) in [5.41, 5.74) is 0.928. The van der Waals surface area contributed by atoms with Gasteiger partial charge in [-0.3, -0.25) is 4.79 Å². The Morgan fingerprint density at radius 2 is 2.08 bits per heavy atom. The summed E-state index contributed by atoms with van der Waals surface area (Å²) in [4.78, 5) is 23.1. The second-order valence-electron chi connectivity index (χ2n) is 5.57. The first-order valence-electron chi connectivity index (χ1n) is 7.44. The number of rotatable bonds is 7. The molecule has 0 aromatic heterocycles. The van der Waals surface area contributed by atoms with E-state index in [2.05, 4.69) is 10.0 Å². The van der Waals surface area contributed by atoms with Crippen LogP contribution in [0.5, 0.6) is 0 Å². The molecule has 2 N–H and O–H groups in total. The molecule has 1 amide bonds. The van der Waals surface area contributed by atoms with Gasteiger partial charge in [0.2, 0.25) is 10.0 Å². The van der Waals surface area contributed by atoms with Crippen LogP contribution in [-0.2, 0) is 14.8 Å². The molecule has 0 saturated heterocycles. The summed E-state index contributed by atoms with van der Waals surface area (Å²) in [5.74, 6) is -1.29. The predicted octanol–water partition coefficient (Wildman–Crippen LogP) is 0.555. The van der Waals surface area contributed by atoms with Crippen molar-refractivity contribution >= 4 is 50.1 Å². The standard InChI is InChI=1S/C16H16N2O5S2/c1-24-8-7-12(16(20)21)18-25(22,23)13-6-5-11-14-9(13)3-2-4-10(14)15(19)17-11/h2-6,12,18H,7-8H2,1H3,(H,17,19)(H,20,21)/p-1/t12-/m1/s1. The zero-order chi connectivity index (χ0) is 18.2. The number of carboxylic acid groups (broad SMARTS) is 1. The van der Waals surface area contributed by atoms with Crippen LogP contribution >= 0.6 is 11.8 Å². The third-order valence-electron chi connectivity index (χ3n) is 3.98. The second-order valence-corrected chi connectivity index (χ2v) is 8.24. The maximum absolute atomic E-state index is 12.7. The molecule has 1 atom stereocenters. The summed E-state index contributed by atoms with van der Waals surface area (Å²) in [5, 5.41) is 14.8. The lowest BCUT2D eigenvalue weighted by atomic mass is 10.1. The lowest BCUT2D eigenvalue weighted by Crippen LogP contribution is -2.48. The molecular formula is C16H15N2O5S2-. The minimum Gasteiger partial charge on any atom is -0.548 e. The Balaban J connectivity index is 2.05. The van der Waals surface area contributed by atoms with Crippen LogP contribution in [0, 0.1) is 0 Å². The Hall–Kier alpha value is -2.10. The van der Waals surface area contributed by atoms with Crippen molar-refractivity contribution in [1.82, 2.24) is 4.72 Å². The average molecular weight is 379 g/mol. The van der Waals surface area contributed by atoms with Crippen LogP contribution in [0.2, 0.25) is 0 Å². The van der Waals surface area contributed by atoms with E-state index in [1.807, 2.05) is 0 Å². The zero-order valence-electron chi connectivity index (χ0n) is 13.2. The van der Waals surface area contributed by atoms with Gasteiger partial charge in [0.25, 0.3) is 5.91 Å². The third kappa shape index (κ3) is 3.22. The van der Waals surface area contributed by atoms with Gasteiger partial charge < -0.3 is 15.2 Å². The SMILES string of the molecule is CSCC[C@@H](NS(=O)(=O)c1ccc2c3c(cccc13)C(=O)N2)C(=O)[O-]. The fourth-order valence-electron chi connectivity index (χ4n) is 2.81. The largest absolute Gasteiger partial charge is 0.548 e. The van der Waals surface area contributed by atoms with Gasteiger partial charge in [-0.05, 0) is 36.6 Å². The molecule has 0 bridgehead atoms. The van der Waals surface area contributed by atoms with Crippen LogP contribution in [0.25, 0.3) is 10.8 Å². The first kappa shape index (κ1) is 17.7. The molecule has 1 heterocycles. The van der Waals surface area contributed by atoms with Gasteiger partial charge in [-0.15, -0.1) is 0 Å². The summed E-state index contributed by atoms with van der Waals surface area (Å²) >= 11 is 1.41. The number of anilines is 1. The van der Waals surface area contributed by atoms with Crippen LogP contribution in [0.3, 0.4) is 0 Å². The first-order chi connectivity index (χ1) is 11.8. The lowest BCUT2D eigenvalue weighted by Gasteiger charge is -2.20. The molecule has 7 nitrogen and oxygen atoms in total. The third-order valence-corrected chi connectivity index (χ3v) is 6.15. The van der Waals surface area contributed by atoms with Gasteiger partial charge in [0, 0.05) is 22.0 Å². The number of hydrogen-bond acceptors (Lipinski definition) is 6. The molecule has 0 spiro atoms. The molecule has 9 heteroatoms. The summed E-state index contributed by atoms with van der Waals surface area (Å²) in [6.07, 6.45) is 1.91. The Bertz CT molecular complexity index is 972. The summed E-state index contributed by atoms with van der Waals surface area (Å²) in [7, 11) is -4.10. The predicted molar refractivity (Wildman–Crippen MR) is 94.0 cm³/mol. The average Bonchev–Trinajstić information content (AvgIpc) is 2.89. The number of aliphatic carboxylic acids is 1. The maximum Gasteiger partial charge on any atom is 0.256 e. The normalized spacial score (nSPS) is 14.5. The van der Waals surface area contributed by atoms with Crippen molar-refractivity contribution < 1.29 is 23.1 Å². The van der Waals surface area contributed by atoms with Gasteiger partial charge in [-0.25, -0.2) is 13.1 Å². The smallest absolute Gasteiger partial charge is 0.256 e. The molecular weight excluding hydrogens is 364 g/mol. The molecule has 1 aliphatic heterocycles. The number of benzene rings is 2. The summed E-state index contributed by atoms with van der Waals surface area (Å²) in [6.45, 7) is 0. The number of amides is 1. The number of hydrogen-bond donors (Lipinski definition) is 2. The van der Waals surface area contributed by atoms with E-state index < -0.39 is 22.0 Å². The van der Waals surface area contributed by atoms with Gasteiger partial charge in [-0.1, -0.05) is 12.1 Å². The highest BCUT2D eigenvalue weighted by Crippen LogP contribution is 2.36. The molecule has 25 heavy (non-hydrogen) atoms. The van der Waals surface area contributed by atoms with E-state index in [1.54, 1.807) is 24.5 Å². The van der Waals surface area contributed by atoms with Gasteiger partial charge >= 0.3 is 0 Å². The molecule has 0 saturated carbocycles. The molecule has 2 aromatic carbocycles. The Kier molecular flexibility index (Phi) is 4.72. The first-order valence-corrected chi connectivity index (χ1v) is 10.3. The quantitative estimate of drug-likeness (QED) is 0.726. The van der Waals surface area contributed by atoms with Crippen molar-refractivity contribution in [2.75, 3.05) is 17.3 Å². The van der Waals surface area contributed by atoms with Crippen molar-refractivity contribution in [2.45, 2.75) is 17.4 Å². The van der Waals surface area contributed by atoms with E-state index in [-0.39, 0.29) is 17.2 Å². The van der Waals surface area contributed by atoms with E-state index in [4.69, 9.17) is 0 Å². The minimum atomic E-state index is -4.10. The molecule has 132 valence electrons. The second kappa shape index (κ2) is 6.66. The monoisotopic (exact) mass is 379 g/mol. The number of sulfonamides is 1. The maximum atomic E-state index is 12.7. The molecule has 1 aliphatic rings. The van der Waals surface area contributed by atoms with Crippen molar-refractivity contribution in [3.63, 3.8) is 0 Å². The van der Waals surface area contributed by atoms with Gasteiger partial charge in [0.1, 0.15) is 0 Å². The van der Waals surface area contributed by atoms with Crippen LogP contribution in [0.1, 0.15) is 16.8 Å². The number of carbonyl (C=O) groups is 2. The minimum absolute atomic E-state index is 0.0694. The number of thioether (sulfide) groups is 1. The Labute approximate surface area is 148 Å². The highest BCUT2D eigenvalue weighted by Gasteiger charge is 2.27. The molecule has 0 radical (unpaired) electrons. The van der Waals surface area contributed by atoms with Gasteiger partial charge in [0.15, 0.2) is 0 Å². The van der Waals surface area contributed by atoms with E-state index in [9.17, 15) is 23.1 Å². The topological polar surface area (TPSA) is 115 Å². The van der Waals surface area contributed by atoms with Crippen LogP contribution in [-0.4, -0.2) is 38.3 Å². The van der Waals surface area contributed by atoms with Crippen LogP contribution in [0.4, 0.5) is 5.69 Å². The van der Waals surface area contributed by atoms with Gasteiger partial charge in [0.05, 0.1) is 16.9 Å². The van der Waals surface area contributed by atoms with E-state index in [0.717, 1.165) is 0 Å². The lowest BCUT2D eigenvalue weighted by molar-refractivity contribution is -0.308. The fraction of sp³-hybridized carbons (Fsp3) is 0.250. The molecule has 0 unspecified atom stereocenters. The Morgan fingerprint density at radius 1 is 1.32 bits per heavy atom. The van der Waals surface area contributed by atoms with E-state index in [0.29, 0.717) is 27.8 Å². The molecule has 2 aromatic rings. The van der Waals surface area contributed by atoms with Crippen molar-refractivity contribution in [2.24, 2.45) is 0 Å².